The van der Waals surface area contributed by atoms with Gasteiger partial charge in [-0.25, -0.2) is 4.39 Å². The van der Waals surface area contributed by atoms with Gasteiger partial charge < -0.3 is 15.5 Å². The summed E-state index contributed by atoms with van der Waals surface area (Å²) < 4.78 is 12.9. The SMILES string of the molecule is CC(=O)N[C@@H](CC(C)C)C(=O)N[C@H]1CN(c2ccc(F)cc2)C1=O. The largest absolute Gasteiger partial charge is 0.345 e. The molecule has 0 radical (unpaired) electrons. The fourth-order valence-electron chi connectivity index (χ4n) is 2.61. The molecule has 1 aliphatic rings. The van der Waals surface area contributed by atoms with Crippen LogP contribution in [0.2, 0.25) is 0 Å². The van der Waals surface area contributed by atoms with Crippen molar-refractivity contribution in [3.8, 4) is 0 Å². The zero-order valence-corrected chi connectivity index (χ0v) is 14.0. The molecule has 6 nitrogen and oxygen atoms in total. The summed E-state index contributed by atoms with van der Waals surface area (Å²) in [6.07, 6.45) is 0.494. The highest BCUT2D eigenvalue weighted by molar-refractivity contribution is 6.06. The van der Waals surface area contributed by atoms with Crippen LogP contribution in [0, 0.1) is 11.7 Å². The number of halogens is 1. The number of carbonyl (C=O) groups excluding carboxylic acids is 3. The number of benzene rings is 1. The van der Waals surface area contributed by atoms with Crippen LogP contribution in [0.3, 0.4) is 0 Å². The van der Waals surface area contributed by atoms with Crippen LogP contribution < -0.4 is 15.5 Å². The third kappa shape index (κ3) is 4.31. The molecule has 2 atom stereocenters. The summed E-state index contributed by atoms with van der Waals surface area (Å²) in [5.74, 6) is -1.05. The molecule has 0 unspecified atom stereocenters. The van der Waals surface area contributed by atoms with Crippen LogP contribution in [0.1, 0.15) is 27.2 Å². The van der Waals surface area contributed by atoms with Gasteiger partial charge in [0.15, 0.2) is 0 Å². The van der Waals surface area contributed by atoms with E-state index in [1.54, 1.807) is 0 Å². The van der Waals surface area contributed by atoms with Gasteiger partial charge >= 0.3 is 0 Å². The molecule has 1 aliphatic heterocycles. The monoisotopic (exact) mass is 335 g/mol. The summed E-state index contributed by atoms with van der Waals surface area (Å²) in [6.45, 7) is 5.58. The number of amides is 3. The normalized spacial score (nSPS) is 18.1. The number of β-lactam (4-membered cyclic amide) rings is 1. The van der Waals surface area contributed by atoms with Gasteiger partial charge in [0.2, 0.25) is 11.8 Å². The van der Waals surface area contributed by atoms with Crippen molar-refractivity contribution >= 4 is 23.4 Å². The summed E-state index contributed by atoms with van der Waals surface area (Å²) in [6, 6.07) is 4.32. The van der Waals surface area contributed by atoms with Crippen LogP contribution in [0.4, 0.5) is 10.1 Å². The van der Waals surface area contributed by atoms with Crippen LogP contribution in [-0.4, -0.2) is 36.3 Å². The van der Waals surface area contributed by atoms with Crippen molar-refractivity contribution in [2.24, 2.45) is 5.92 Å². The van der Waals surface area contributed by atoms with Gasteiger partial charge in [-0.05, 0) is 36.6 Å². The third-order valence-electron chi connectivity index (χ3n) is 3.79. The number of rotatable bonds is 6. The second-order valence-corrected chi connectivity index (χ2v) is 6.37. The summed E-state index contributed by atoms with van der Waals surface area (Å²) in [5, 5.41) is 5.28. The molecule has 0 aromatic heterocycles. The lowest BCUT2D eigenvalue weighted by Crippen LogP contribution is -2.66. The summed E-state index contributed by atoms with van der Waals surface area (Å²) in [5.41, 5.74) is 0.590. The molecule has 7 heteroatoms. The Hall–Kier alpha value is -2.44. The minimum atomic E-state index is -0.657. The van der Waals surface area contributed by atoms with Gasteiger partial charge in [-0.3, -0.25) is 14.4 Å². The van der Waals surface area contributed by atoms with E-state index in [1.807, 2.05) is 13.8 Å². The number of nitrogens with zero attached hydrogens (tertiary/aromatic N) is 1. The first-order chi connectivity index (χ1) is 11.3. The second-order valence-electron chi connectivity index (χ2n) is 6.37. The quantitative estimate of drug-likeness (QED) is 0.767. The molecule has 0 saturated carbocycles. The van der Waals surface area contributed by atoms with Crippen molar-refractivity contribution in [2.45, 2.75) is 39.3 Å². The van der Waals surface area contributed by atoms with Crippen LogP contribution in [0.5, 0.6) is 0 Å². The van der Waals surface area contributed by atoms with Gasteiger partial charge in [0.25, 0.3) is 5.91 Å². The van der Waals surface area contributed by atoms with Gasteiger partial charge in [-0.2, -0.15) is 0 Å². The molecule has 24 heavy (non-hydrogen) atoms. The summed E-state index contributed by atoms with van der Waals surface area (Å²) in [4.78, 5) is 37.2. The van der Waals surface area contributed by atoms with Gasteiger partial charge in [0.1, 0.15) is 17.9 Å². The lowest BCUT2D eigenvalue weighted by molar-refractivity contribution is -0.133. The molecule has 1 aromatic rings. The predicted molar refractivity (Wildman–Crippen MR) is 87.7 cm³/mol. The van der Waals surface area contributed by atoms with E-state index in [9.17, 15) is 18.8 Å². The first kappa shape index (κ1) is 17.9. The highest BCUT2D eigenvalue weighted by Gasteiger charge is 2.39. The molecule has 3 amide bonds. The third-order valence-corrected chi connectivity index (χ3v) is 3.79. The summed E-state index contributed by atoms with van der Waals surface area (Å²) in [7, 11) is 0. The predicted octanol–water partition coefficient (Wildman–Crippen LogP) is 1.21. The molecule has 0 spiro atoms. The number of nitrogens with one attached hydrogen (secondary N) is 2. The average Bonchev–Trinajstić information content (AvgIpc) is 2.50. The zero-order valence-electron chi connectivity index (χ0n) is 14.0. The Balaban J connectivity index is 1.94. The molecule has 1 saturated heterocycles. The second kappa shape index (κ2) is 7.42. The fraction of sp³-hybridized carbons (Fsp3) is 0.471. The highest BCUT2D eigenvalue weighted by Crippen LogP contribution is 2.22. The highest BCUT2D eigenvalue weighted by atomic mass is 19.1. The van der Waals surface area contributed by atoms with E-state index in [2.05, 4.69) is 10.6 Å². The van der Waals surface area contributed by atoms with E-state index in [4.69, 9.17) is 0 Å². The van der Waals surface area contributed by atoms with E-state index in [0.29, 0.717) is 18.7 Å². The molecule has 0 bridgehead atoms. The smallest absolute Gasteiger partial charge is 0.251 e. The topological polar surface area (TPSA) is 78.5 Å². The van der Waals surface area contributed by atoms with Gasteiger partial charge in [-0.15, -0.1) is 0 Å². The molecule has 1 fully saturated rings. The van der Waals surface area contributed by atoms with Crippen LogP contribution in [0.25, 0.3) is 0 Å². The van der Waals surface area contributed by atoms with Crippen LogP contribution in [0.15, 0.2) is 24.3 Å². The van der Waals surface area contributed by atoms with Crippen molar-refractivity contribution < 1.29 is 18.8 Å². The molecular weight excluding hydrogens is 313 g/mol. The van der Waals surface area contributed by atoms with E-state index in [0.717, 1.165) is 0 Å². The van der Waals surface area contributed by atoms with Crippen molar-refractivity contribution in [3.63, 3.8) is 0 Å². The first-order valence-corrected chi connectivity index (χ1v) is 7.92. The number of hydrogen-bond donors (Lipinski definition) is 2. The Morgan fingerprint density at radius 2 is 1.92 bits per heavy atom. The Kier molecular flexibility index (Phi) is 5.54. The van der Waals surface area contributed by atoms with E-state index in [-0.39, 0.29) is 29.5 Å². The molecule has 1 heterocycles. The van der Waals surface area contributed by atoms with Crippen LogP contribution in [-0.2, 0) is 14.4 Å². The Labute approximate surface area is 140 Å². The van der Waals surface area contributed by atoms with E-state index >= 15 is 0 Å². The fourth-order valence-corrected chi connectivity index (χ4v) is 2.61. The minimum absolute atomic E-state index is 0.223. The molecular formula is C17H22FN3O3. The maximum absolute atomic E-state index is 12.9. The number of anilines is 1. The number of hydrogen-bond acceptors (Lipinski definition) is 3. The zero-order chi connectivity index (χ0) is 17.9. The van der Waals surface area contributed by atoms with Crippen molar-refractivity contribution in [3.05, 3.63) is 30.1 Å². The van der Waals surface area contributed by atoms with Crippen LogP contribution >= 0.6 is 0 Å². The van der Waals surface area contributed by atoms with Crippen molar-refractivity contribution in [1.82, 2.24) is 10.6 Å². The first-order valence-electron chi connectivity index (χ1n) is 7.92. The van der Waals surface area contributed by atoms with Gasteiger partial charge in [0, 0.05) is 12.6 Å². The van der Waals surface area contributed by atoms with Gasteiger partial charge in [0.05, 0.1) is 6.54 Å². The van der Waals surface area contributed by atoms with Crippen molar-refractivity contribution in [2.75, 3.05) is 11.4 Å². The number of carbonyl (C=O) groups is 3. The molecule has 1 aromatic carbocycles. The maximum atomic E-state index is 12.9. The maximum Gasteiger partial charge on any atom is 0.251 e. The molecule has 0 aliphatic carbocycles. The standard InChI is InChI=1S/C17H22FN3O3/c1-10(2)8-14(19-11(3)22)16(23)20-15-9-21(17(15)24)13-6-4-12(18)5-7-13/h4-7,10,14-15H,8-9H2,1-3H3,(H,19,22)(H,20,23)/t14-,15-/m0/s1. The van der Waals surface area contributed by atoms with Crippen molar-refractivity contribution in [1.29, 1.82) is 0 Å². The Bertz CT molecular complexity index is 630. The summed E-state index contributed by atoms with van der Waals surface area (Å²) >= 11 is 0. The Morgan fingerprint density at radius 3 is 2.42 bits per heavy atom. The Morgan fingerprint density at radius 1 is 1.29 bits per heavy atom. The molecule has 130 valence electrons. The van der Waals surface area contributed by atoms with Gasteiger partial charge in [-0.1, -0.05) is 13.8 Å². The minimum Gasteiger partial charge on any atom is -0.345 e. The average molecular weight is 335 g/mol. The van der Waals surface area contributed by atoms with E-state index in [1.165, 1.54) is 36.1 Å². The molecule has 2 rings (SSSR count). The molecule has 2 N–H and O–H groups in total. The lowest BCUT2D eigenvalue weighted by atomic mass is 10.0. The van der Waals surface area contributed by atoms with E-state index < -0.39 is 12.1 Å². The lowest BCUT2D eigenvalue weighted by Gasteiger charge is -2.39.